The van der Waals surface area contributed by atoms with Gasteiger partial charge in [0.25, 0.3) is 0 Å². The summed E-state index contributed by atoms with van der Waals surface area (Å²) in [4.78, 5) is 0. The van der Waals surface area contributed by atoms with E-state index in [0.29, 0.717) is 5.92 Å². The van der Waals surface area contributed by atoms with Crippen LogP contribution in [0.3, 0.4) is 0 Å². The highest BCUT2D eigenvalue weighted by molar-refractivity contribution is 5.17. The van der Waals surface area contributed by atoms with E-state index in [-0.39, 0.29) is 6.10 Å². The van der Waals surface area contributed by atoms with Crippen LogP contribution in [0.1, 0.15) is 44.3 Å². The topological polar surface area (TPSA) is 20.2 Å². The van der Waals surface area contributed by atoms with Gasteiger partial charge in [-0.05, 0) is 23.8 Å². The van der Waals surface area contributed by atoms with Crippen LogP contribution in [-0.2, 0) is 0 Å². The zero-order chi connectivity index (χ0) is 10.7. The Labute approximate surface area is 92.1 Å². The molecule has 1 N–H and O–H groups in total. The molecule has 0 heterocycles. The molecule has 0 aromatic heterocycles. The largest absolute Gasteiger partial charge is 0.388 e. The lowest BCUT2D eigenvalue weighted by Crippen LogP contribution is -2.09. The maximum absolute atomic E-state index is 10.1. The van der Waals surface area contributed by atoms with Gasteiger partial charge in [-0.3, -0.25) is 0 Å². The van der Waals surface area contributed by atoms with Gasteiger partial charge in [0.1, 0.15) is 0 Å². The van der Waals surface area contributed by atoms with Gasteiger partial charge in [-0.25, -0.2) is 0 Å². The molecule has 1 saturated carbocycles. The van der Waals surface area contributed by atoms with Gasteiger partial charge >= 0.3 is 0 Å². The second kappa shape index (κ2) is 4.80. The van der Waals surface area contributed by atoms with Crippen LogP contribution in [0.2, 0.25) is 0 Å². The summed E-state index contributed by atoms with van der Waals surface area (Å²) in [6.07, 6.45) is 4.98. The molecule has 0 aliphatic heterocycles. The predicted molar refractivity (Wildman–Crippen MR) is 62.5 cm³/mol. The number of aliphatic hydroxyl groups is 1. The highest BCUT2D eigenvalue weighted by atomic mass is 16.3. The summed E-state index contributed by atoms with van der Waals surface area (Å²) in [5, 5.41) is 10.1. The van der Waals surface area contributed by atoms with E-state index in [1.165, 1.54) is 19.3 Å². The van der Waals surface area contributed by atoms with Gasteiger partial charge in [0.05, 0.1) is 6.10 Å². The maximum atomic E-state index is 10.1. The fourth-order valence-electron chi connectivity index (χ4n) is 2.04. The molecular formula is C14H20O. The molecule has 0 saturated heterocycles. The molecule has 0 amide bonds. The van der Waals surface area contributed by atoms with Crippen LogP contribution in [0.25, 0.3) is 0 Å². The molecule has 15 heavy (non-hydrogen) atoms. The van der Waals surface area contributed by atoms with Crippen LogP contribution >= 0.6 is 0 Å². The van der Waals surface area contributed by atoms with E-state index in [1.54, 1.807) is 0 Å². The first kappa shape index (κ1) is 10.7. The van der Waals surface area contributed by atoms with Crippen molar-refractivity contribution in [1.82, 2.24) is 0 Å². The quantitative estimate of drug-likeness (QED) is 0.777. The van der Waals surface area contributed by atoms with Gasteiger partial charge in [0, 0.05) is 0 Å². The van der Waals surface area contributed by atoms with Crippen LogP contribution in [-0.4, -0.2) is 5.11 Å². The summed E-state index contributed by atoms with van der Waals surface area (Å²) in [5.41, 5.74) is 1.06. The Kier molecular flexibility index (Phi) is 3.42. The lowest BCUT2D eigenvalue weighted by Gasteiger charge is -2.18. The summed E-state index contributed by atoms with van der Waals surface area (Å²) in [6, 6.07) is 10.00. The molecular weight excluding hydrogens is 184 g/mol. The summed E-state index contributed by atoms with van der Waals surface area (Å²) in [7, 11) is 0. The minimum atomic E-state index is -0.287. The molecule has 1 aliphatic carbocycles. The average molecular weight is 204 g/mol. The van der Waals surface area contributed by atoms with Crippen LogP contribution in [0, 0.1) is 11.8 Å². The smallest absolute Gasteiger partial charge is 0.0815 e. The van der Waals surface area contributed by atoms with Crippen molar-refractivity contribution >= 4 is 0 Å². The van der Waals surface area contributed by atoms with Gasteiger partial charge < -0.3 is 5.11 Å². The third-order valence-corrected chi connectivity index (χ3v) is 3.41. The first-order valence-electron chi connectivity index (χ1n) is 6.00. The predicted octanol–water partition coefficient (Wildman–Crippen LogP) is 3.55. The molecule has 1 fully saturated rings. The lowest BCUT2D eigenvalue weighted by atomic mass is 9.92. The number of rotatable bonds is 5. The number of aliphatic hydroxyl groups excluding tert-OH is 1. The van der Waals surface area contributed by atoms with Crippen molar-refractivity contribution in [3.05, 3.63) is 35.9 Å². The fourth-order valence-corrected chi connectivity index (χ4v) is 2.04. The molecule has 1 aromatic rings. The molecule has 1 aliphatic rings. The highest BCUT2D eigenvalue weighted by Crippen LogP contribution is 2.36. The molecule has 2 unspecified atom stereocenters. The molecule has 2 rings (SSSR count). The van der Waals surface area contributed by atoms with Crippen molar-refractivity contribution in [2.24, 2.45) is 11.8 Å². The minimum Gasteiger partial charge on any atom is -0.388 e. The zero-order valence-corrected chi connectivity index (χ0v) is 9.39. The Morgan fingerprint density at radius 3 is 2.53 bits per heavy atom. The Hall–Kier alpha value is -0.820. The van der Waals surface area contributed by atoms with Crippen molar-refractivity contribution in [3.63, 3.8) is 0 Å². The second-order valence-corrected chi connectivity index (χ2v) is 4.85. The van der Waals surface area contributed by atoms with E-state index >= 15 is 0 Å². The standard InChI is InChI=1S/C14H20O/c1-11(7-8-12-9-10-12)14(15)13-5-3-2-4-6-13/h2-6,11-12,14-15H,7-10H2,1H3. The molecule has 0 radical (unpaired) electrons. The Morgan fingerprint density at radius 1 is 1.27 bits per heavy atom. The third-order valence-electron chi connectivity index (χ3n) is 3.41. The van der Waals surface area contributed by atoms with Gasteiger partial charge in [-0.15, -0.1) is 0 Å². The van der Waals surface area contributed by atoms with E-state index in [1.807, 2.05) is 30.3 Å². The number of hydrogen-bond acceptors (Lipinski definition) is 1. The third kappa shape index (κ3) is 3.07. The molecule has 2 atom stereocenters. The maximum Gasteiger partial charge on any atom is 0.0815 e. The SMILES string of the molecule is CC(CCC1CC1)C(O)c1ccccc1. The van der Waals surface area contributed by atoms with Crippen LogP contribution in [0.15, 0.2) is 30.3 Å². The normalized spacial score (nSPS) is 19.9. The number of benzene rings is 1. The van der Waals surface area contributed by atoms with Crippen LogP contribution < -0.4 is 0 Å². The van der Waals surface area contributed by atoms with Crippen LogP contribution in [0.4, 0.5) is 0 Å². The molecule has 1 heteroatoms. The minimum absolute atomic E-state index is 0.287. The first-order chi connectivity index (χ1) is 7.27. The van der Waals surface area contributed by atoms with E-state index < -0.39 is 0 Å². The van der Waals surface area contributed by atoms with Crippen molar-refractivity contribution in [2.75, 3.05) is 0 Å². The summed E-state index contributed by atoms with van der Waals surface area (Å²) in [5.74, 6) is 1.35. The van der Waals surface area contributed by atoms with Gasteiger partial charge in [-0.2, -0.15) is 0 Å². The highest BCUT2D eigenvalue weighted by Gasteiger charge is 2.23. The van der Waals surface area contributed by atoms with E-state index in [0.717, 1.165) is 17.9 Å². The molecule has 82 valence electrons. The van der Waals surface area contributed by atoms with E-state index in [9.17, 15) is 5.11 Å². The van der Waals surface area contributed by atoms with Crippen molar-refractivity contribution in [3.8, 4) is 0 Å². The second-order valence-electron chi connectivity index (χ2n) is 4.85. The number of hydrogen-bond donors (Lipinski definition) is 1. The lowest BCUT2D eigenvalue weighted by molar-refractivity contribution is 0.110. The Bertz CT molecular complexity index is 289. The zero-order valence-electron chi connectivity index (χ0n) is 9.39. The van der Waals surface area contributed by atoms with Gasteiger partial charge in [0.15, 0.2) is 0 Å². The molecule has 0 bridgehead atoms. The first-order valence-corrected chi connectivity index (χ1v) is 6.00. The fraction of sp³-hybridized carbons (Fsp3) is 0.571. The van der Waals surface area contributed by atoms with E-state index in [4.69, 9.17) is 0 Å². The van der Waals surface area contributed by atoms with Crippen LogP contribution in [0.5, 0.6) is 0 Å². The summed E-state index contributed by atoms with van der Waals surface area (Å²) in [6.45, 7) is 2.15. The van der Waals surface area contributed by atoms with Crippen molar-refractivity contribution in [2.45, 2.75) is 38.7 Å². The molecule has 1 nitrogen and oxygen atoms in total. The van der Waals surface area contributed by atoms with Crippen molar-refractivity contribution in [1.29, 1.82) is 0 Å². The van der Waals surface area contributed by atoms with Gasteiger partial charge in [-0.1, -0.05) is 56.5 Å². The average Bonchev–Trinajstić information content (AvgIpc) is 3.10. The molecule has 1 aromatic carbocycles. The summed E-state index contributed by atoms with van der Waals surface area (Å²) >= 11 is 0. The summed E-state index contributed by atoms with van der Waals surface area (Å²) < 4.78 is 0. The van der Waals surface area contributed by atoms with Gasteiger partial charge in [0.2, 0.25) is 0 Å². The van der Waals surface area contributed by atoms with Crippen molar-refractivity contribution < 1.29 is 5.11 Å². The Balaban J connectivity index is 1.85. The van der Waals surface area contributed by atoms with E-state index in [2.05, 4.69) is 6.92 Å². The monoisotopic (exact) mass is 204 g/mol. The Morgan fingerprint density at radius 2 is 1.93 bits per heavy atom. The molecule has 0 spiro atoms.